The Balaban J connectivity index is 1.26. The van der Waals surface area contributed by atoms with E-state index in [1.165, 1.54) is 33.0 Å². The zero-order valence-electron chi connectivity index (χ0n) is 22.7. The molecule has 8 rings (SSSR count). The quantitative estimate of drug-likeness (QED) is 0.219. The molecular formula is C38H25N3O. The zero-order valence-corrected chi connectivity index (χ0v) is 22.7. The van der Waals surface area contributed by atoms with Crippen molar-refractivity contribution >= 4 is 21.8 Å². The van der Waals surface area contributed by atoms with Crippen molar-refractivity contribution in [3.05, 3.63) is 152 Å². The summed E-state index contributed by atoms with van der Waals surface area (Å²) in [6.45, 7) is 0. The van der Waals surface area contributed by atoms with Gasteiger partial charge >= 0.3 is 0 Å². The molecule has 0 spiro atoms. The lowest BCUT2D eigenvalue weighted by molar-refractivity contribution is 0.432. The number of rotatable bonds is 5. The van der Waals surface area contributed by atoms with E-state index in [1.807, 2.05) is 42.5 Å². The molecule has 0 aliphatic heterocycles. The Labute approximate surface area is 243 Å². The van der Waals surface area contributed by atoms with Crippen molar-refractivity contribution in [2.45, 2.75) is 0 Å². The van der Waals surface area contributed by atoms with Crippen LogP contribution in [0, 0.1) is 0 Å². The van der Waals surface area contributed by atoms with Gasteiger partial charge < -0.3 is 9.09 Å². The Kier molecular flexibility index (Phi) is 5.75. The van der Waals surface area contributed by atoms with Crippen molar-refractivity contribution in [1.29, 1.82) is 0 Å². The summed E-state index contributed by atoms with van der Waals surface area (Å²) in [5, 5.41) is 6.63. The highest BCUT2D eigenvalue weighted by Crippen LogP contribution is 2.37. The minimum atomic E-state index is 0.502. The summed E-state index contributed by atoms with van der Waals surface area (Å²) < 4.78 is 7.95. The van der Waals surface area contributed by atoms with E-state index in [0.717, 1.165) is 27.8 Å². The van der Waals surface area contributed by atoms with Gasteiger partial charge in [0.1, 0.15) is 0 Å². The second kappa shape index (κ2) is 10.0. The van der Waals surface area contributed by atoms with Gasteiger partial charge in [-0.1, -0.05) is 108 Å². The van der Waals surface area contributed by atoms with E-state index in [-0.39, 0.29) is 0 Å². The Bertz CT molecular complexity index is 2070. The molecule has 0 unspecified atom stereocenters. The lowest BCUT2D eigenvalue weighted by Gasteiger charge is -2.09. The van der Waals surface area contributed by atoms with E-state index in [9.17, 15) is 0 Å². The molecule has 8 aromatic rings. The van der Waals surface area contributed by atoms with E-state index >= 15 is 0 Å². The van der Waals surface area contributed by atoms with Crippen molar-refractivity contribution in [2.75, 3.05) is 0 Å². The highest BCUT2D eigenvalue weighted by Gasteiger charge is 2.16. The third-order valence-corrected chi connectivity index (χ3v) is 7.81. The summed E-state index contributed by atoms with van der Waals surface area (Å²) in [4.78, 5) is 4.64. The molecule has 0 aliphatic carbocycles. The number of aromatic nitrogens is 3. The molecule has 198 valence electrons. The largest absolute Gasteiger partial charge is 0.334 e. The van der Waals surface area contributed by atoms with Gasteiger partial charge in [-0.05, 0) is 70.8 Å². The van der Waals surface area contributed by atoms with Gasteiger partial charge in [0, 0.05) is 27.6 Å². The SMILES string of the molecule is c1ccc(-c2ccc3c(c2)c2cc(-c4ccccc4)ccc2n3-c2ccc(-c3nc(-c4ccccc4)no3)cc2)cc1. The first-order chi connectivity index (χ1) is 20.8. The Morgan fingerprint density at radius 2 is 0.905 bits per heavy atom. The summed E-state index contributed by atoms with van der Waals surface area (Å²) >= 11 is 0. The fourth-order valence-electron chi connectivity index (χ4n) is 5.72. The van der Waals surface area contributed by atoms with Crippen molar-refractivity contribution in [2.24, 2.45) is 0 Å². The molecule has 0 saturated heterocycles. The molecule has 4 heteroatoms. The summed E-state index contributed by atoms with van der Waals surface area (Å²) in [6.07, 6.45) is 0. The summed E-state index contributed by atoms with van der Waals surface area (Å²) in [5.74, 6) is 1.09. The molecule has 4 nitrogen and oxygen atoms in total. The van der Waals surface area contributed by atoms with Crippen LogP contribution in [0.1, 0.15) is 0 Å². The van der Waals surface area contributed by atoms with E-state index in [4.69, 9.17) is 4.52 Å². The molecule has 0 N–H and O–H groups in total. The van der Waals surface area contributed by atoms with Crippen LogP contribution in [-0.2, 0) is 0 Å². The van der Waals surface area contributed by atoms with Gasteiger partial charge in [0.05, 0.1) is 11.0 Å². The average molecular weight is 540 g/mol. The minimum absolute atomic E-state index is 0.502. The Morgan fingerprint density at radius 3 is 1.43 bits per heavy atom. The van der Waals surface area contributed by atoms with Gasteiger partial charge in [-0.15, -0.1) is 0 Å². The van der Waals surface area contributed by atoms with Crippen LogP contribution in [0.15, 0.2) is 156 Å². The summed E-state index contributed by atoms with van der Waals surface area (Å²) in [5.41, 5.74) is 10.0. The zero-order chi connectivity index (χ0) is 27.9. The van der Waals surface area contributed by atoms with E-state index < -0.39 is 0 Å². The van der Waals surface area contributed by atoms with E-state index in [0.29, 0.717) is 11.7 Å². The number of benzene rings is 6. The van der Waals surface area contributed by atoms with Crippen LogP contribution in [-0.4, -0.2) is 14.7 Å². The van der Waals surface area contributed by atoms with Gasteiger partial charge in [-0.2, -0.15) is 4.98 Å². The van der Waals surface area contributed by atoms with Gasteiger partial charge in [0.15, 0.2) is 0 Å². The molecule has 0 saturated carbocycles. The highest BCUT2D eigenvalue weighted by atomic mass is 16.5. The van der Waals surface area contributed by atoms with Crippen molar-refractivity contribution in [3.8, 4) is 50.8 Å². The fraction of sp³-hybridized carbons (Fsp3) is 0. The molecule has 0 radical (unpaired) electrons. The van der Waals surface area contributed by atoms with E-state index in [2.05, 4.69) is 124 Å². The standard InChI is InChI=1S/C38H25N3O/c1-4-10-26(11-5-1)30-18-22-35-33(24-30)34-25-31(27-12-6-2-7-13-27)19-23-36(34)41(35)32-20-16-29(17-21-32)38-39-37(40-42-38)28-14-8-3-9-15-28/h1-25H. The molecule has 0 bridgehead atoms. The minimum Gasteiger partial charge on any atom is -0.334 e. The topological polar surface area (TPSA) is 43.9 Å². The van der Waals surface area contributed by atoms with E-state index in [1.54, 1.807) is 0 Å². The lowest BCUT2D eigenvalue weighted by atomic mass is 10.0. The predicted molar refractivity (Wildman–Crippen MR) is 170 cm³/mol. The Morgan fingerprint density at radius 1 is 0.429 bits per heavy atom. The number of hydrogen-bond acceptors (Lipinski definition) is 3. The third kappa shape index (κ3) is 4.18. The van der Waals surface area contributed by atoms with Crippen LogP contribution in [0.2, 0.25) is 0 Å². The Hall–Kier alpha value is -5.74. The maximum atomic E-state index is 5.62. The fourth-order valence-corrected chi connectivity index (χ4v) is 5.72. The summed E-state index contributed by atoms with van der Waals surface area (Å²) in [7, 11) is 0. The highest BCUT2D eigenvalue weighted by molar-refractivity contribution is 6.11. The van der Waals surface area contributed by atoms with Crippen LogP contribution in [0.3, 0.4) is 0 Å². The molecule has 6 aromatic carbocycles. The number of nitrogens with zero attached hydrogens (tertiary/aromatic N) is 3. The number of fused-ring (bicyclic) bond motifs is 3. The van der Waals surface area contributed by atoms with Crippen molar-refractivity contribution in [3.63, 3.8) is 0 Å². The smallest absolute Gasteiger partial charge is 0.258 e. The first-order valence-electron chi connectivity index (χ1n) is 14.0. The maximum absolute atomic E-state index is 5.62. The monoisotopic (exact) mass is 539 g/mol. The van der Waals surface area contributed by atoms with Gasteiger partial charge in [-0.3, -0.25) is 0 Å². The summed E-state index contributed by atoms with van der Waals surface area (Å²) in [6, 6.07) is 52.8. The van der Waals surface area contributed by atoms with Gasteiger partial charge in [0.25, 0.3) is 5.89 Å². The molecule has 0 fully saturated rings. The lowest BCUT2D eigenvalue weighted by Crippen LogP contribution is -1.94. The maximum Gasteiger partial charge on any atom is 0.258 e. The first kappa shape index (κ1) is 24.1. The molecule has 0 amide bonds. The second-order valence-corrected chi connectivity index (χ2v) is 10.4. The molecule has 2 heterocycles. The van der Waals surface area contributed by atoms with Gasteiger partial charge in [-0.25, -0.2) is 0 Å². The molecule has 0 atom stereocenters. The predicted octanol–water partition coefficient (Wildman–Crippen LogP) is 9.83. The molecule has 0 aliphatic rings. The third-order valence-electron chi connectivity index (χ3n) is 7.81. The van der Waals surface area contributed by atoms with Gasteiger partial charge in [0.2, 0.25) is 5.82 Å². The second-order valence-electron chi connectivity index (χ2n) is 10.4. The molecule has 2 aromatic heterocycles. The molecule has 42 heavy (non-hydrogen) atoms. The van der Waals surface area contributed by atoms with Crippen LogP contribution in [0.4, 0.5) is 0 Å². The van der Waals surface area contributed by atoms with Crippen LogP contribution in [0.25, 0.3) is 72.6 Å². The van der Waals surface area contributed by atoms with Crippen LogP contribution >= 0.6 is 0 Å². The average Bonchev–Trinajstić information content (AvgIpc) is 3.69. The number of hydrogen-bond donors (Lipinski definition) is 0. The first-order valence-corrected chi connectivity index (χ1v) is 14.0. The van der Waals surface area contributed by atoms with Crippen LogP contribution in [0.5, 0.6) is 0 Å². The molecular weight excluding hydrogens is 514 g/mol. The van der Waals surface area contributed by atoms with Crippen molar-refractivity contribution < 1.29 is 4.52 Å². The van der Waals surface area contributed by atoms with Crippen LogP contribution < -0.4 is 0 Å². The van der Waals surface area contributed by atoms with Crippen molar-refractivity contribution in [1.82, 2.24) is 14.7 Å². The normalized spacial score (nSPS) is 11.3.